The Labute approximate surface area is 161 Å². The molecular formula is C20H19F2N5O. The van der Waals surface area contributed by atoms with Crippen molar-refractivity contribution in [3.8, 4) is 0 Å². The van der Waals surface area contributed by atoms with Crippen LogP contribution >= 0.6 is 0 Å². The van der Waals surface area contributed by atoms with E-state index in [1.807, 2.05) is 0 Å². The fourth-order valence-electron chi connectivity index (χ4n) is 4.11. The van der Waals surface area contributed by atoms with Crippen LogP contribution in [0, 0.1) is 23.6 Å². The van der Waals surface area contributed by atoms with E-state index in [-0.39, 0.29) is 18.0 Å². The van der Waals surface area contributed by atoms with Crippen molar-refractivity contribution in [2.45, 2.75) is 25.8 Å². The summed E-state index contributed by atoms with van der Waals surface area (Å²) in [6.45, 7) is 9.02. The van der Waals surface area contributed by atoms with Gasteiger partial charge in [-0.3, -0.25) is 4.79 Å². The van der Waals surface area contributed by atoms with Crippen LogP contribution < -0.4 is 4.90 Å². The minimum Gasteiger partial charge on any atom is -0.360 e. The third-order valence-corrected chi connectivity index (χ3v) is 5.77. The van der Waals surface area contributed by atoms with Gasteiger partial charge in [0.15, 0.2) is 0 Å². The summed E-state index contributed by atoms with van der Waals surface area (Å²) in [7, 11) is 0. The summed E-state index contributed by atoms with van der Waals surface area (Å²) in [6.07, 6.45) is 3.44. The summed E-state index contributed by atoms with van der Waals surface area (Å²) in [6, 6.07) is 4.98. The van der Waals surface area contributed by atoms with Crippen LogP contribution in [0.5, 0.6) is 0 Å². The second kappa shape index (κ2) is 7.15. The van der Waals surface area contributed by atoms with E-state index >= 15 is 0 Å². The van der Waals surface area contributed by atoms with Crippen LogP contribution in [0.1, 0.15) is 24.8 Å². The molecule has 0 N–H and O–H groups in total. The van der Waals surface area contributed by atoms with E-state index in [0.717, 1.165) is 18.2 Å². The van der Waals surface area contributed by atoms with Gasteiger partial charge in [0.25, 0.3) is 5.82 Å². The first kappa shape index (κ1) is 18.3. The predicted molar refractivity (Wildman–Crippen MR) is 98.6 cm³/mol. The molecule has 6 nitrogen and oxygen atoms in total. The van der Waals surface area contributed by atoms with Crippen molar-refractivity contribution in [1.82, 2.24) is 14.9 Å². The summed E-state index contributed by atoms with van der Waals surface area (Å²) in [5.41, 5.74) is -0.244. The topological polar surface area (TPSA) is 53.7 Å². The summed E-state index contributed by atoms with van der Waals surface area (Å²) in [4.78, 5) is 28.2. The van der Waals surface area contributed by atoms with Crippen molar-refractivity contribution in [1.29, 1.82) is 0 Å². The lowest BCUT2D eigenvalue weighted by Crippen LogP contribution is -2.44. The van der Waals surface area contributed by atoms with Gasteiger partial charge in [-0.25, -0.2) is 8.78 Å². The molecule has 1 spiro atoms. The molecule has 1 aromatic heterocycles. The molecule has 2 saturated heterocycles. The maximum absolute atomic E-state index is 13.9. The molecule has 1 amide bonds. The Morgan fingerprint density at radius 3 is 2.61 bits per heavy atom. The number of carbonyl (C=O) groups is 1. The Bertz CT molecular complexity index is 950. The summed E-state index contributed by atoms with van der Waals surface area (Å²) >= 11 is 0. The third-order valence-electron chi connectivity index (χ3n) is 5.77. The molecule has 144 valence electrons. The molecule has 2 aromatic rings. The quantitative estimate of drug-likeness (QED) is 0.763. The minimum atomic E-state index is -0.505. The van der Waals surface area contributed by atoms with Gasteiger partial charge in [-0.2, -0.15) is 4.98 Å². The van der Waals surface area contributed by atoms with Gasteiger partial charge < -0.3 is 14.6 Å². The first-order valence-electron chi connectivity index (χ1n) is 9.18. The van der Waals surface area contributed by atoms with E-state index in [0.29, 0.717) is 50.5 Å². The first-order valence-corrected chi connectivity index (χ1v) is 9.18. The molecule has 1 aromatic carbocycles. The molecule has 4 rings (SSSR count). The van der Waals surface area contributed by atoms with Crippen molar-refractivity contribution in [2.75, 3.05) is 24.5 Å². The normalized spacial score (nSPS) is 18.5. The number of nitrogens with zero attached hydrogens (tertiary/aromatic N) is 5. The Hall–Kier alpha value is -3.08. The van der Waals surface area contributed by atoms with Gasteiger partial charge in [0.2, 0.25) is 12.2 Å². The number of amides is 1. The molecule has 8 heteroatoms. The lowest BCUT2D eigenvalue weighted by atomic mass is 9.77. The van der Waals surface area contributed by atoms with Crippen LogP contribution in [0.3, 0.4) is 0 Å². The fourth-order valence-corrected chi connectivity index (χ4v) is 4.11. The van der Waals surface area contributed by atoms with Crippen LogP contribution in [0.4, 0.5) is 20.4 Å². The Morgan fingerprint density at radius 2 is 1.86 bits per heavy atom. The second-order valence-electron chi connectivity index (χ2n) is 7.33. The molecule has 0 radical (unpaired) electrons. The molecule has 28 heavy (non-hydrogen) atoms. The number of hydrogen-bond acceptors (Lipinski definition) is 4. The lowest BCUT2D eigenvalue weighted by Gasteiger charge is -2.38. The van der Waals surface area contributed by atoms with Crippen molar-refractivity contribution < 1.29 is 13.6 Å². The number of benzene rings is 1. The number of halogens is 2. The van der Waals surface area contributed by atoms with Gasteiger partial charge in [-0.05, 0) is 37.5 Å². The van der Waals surface area contributed by atoms with E-state index in [1.54, 1.807) is 11.0 Å². The highest BCUT2D eigenvalue weighted by molar-refractivity contribution is 5.85. The Balaban J connectivity index is 1.44. The van der Waals surface area contributed by atoms with Crippen molar-refractivity contribution >= 4 is 17.5 Å². The lowest BCUT2D eigenvalue weighted by molar-refractivity contribution is -0.137. The number of anilines is 1. The summed E-state index contributed by atoms with van der Waals surface area (Å²) in [5, 5.41) is 0. The molecule has 0 atom stereocenters. The predicted octanol–water partition coefficient (Wildman–Crippen LogP) is 3.32. The molecule has 2 aliphatic rings. The van der Waals surface area contributed by atoms with E-state index < -0.39 is 17.0 Å². The van der Waals surface area contributed by atoms with E-state index in [9.17, 15) is 13.6 Å². The number of rotatable bonds is 3. The van der Waals surface area contributed by atoms with Gasteiger partial charge in [-0.15, -0.1) is 4.98 Å². The van der Waals surface area contributed by atoms with Gasteiger partial charge >= 0.3 is 0 Å². The number of likely N-dealkylation sites (tertiary alicyclic amines) is 1. The van der Waals surface area contributed by atoms with E-state index in [2.05, 4.69) is 19.7 Å². The first-order chi connectivity index (χ1) is 13.5. The van der Waals surface area contributed by atoms with Crippen LogP contribution in [-0.2, 0) is 11.3 Å². The zero-order chi connectivity index (χ0) is 19.7. The number of carbonyl (C=O) groups excluding carboxylic acids is 1. The molecule has 0 aliphatic carbocycles. The largest absolute Gasteiger partial charge is 0.360 e. The number of piperidine rings is 1. The van der Waals surface area contributed by atoms with E-state index in [4.69, 9.17) is 6.57 Å². The van der Waals surface area contributed by atoms with Crippen LogP contribution in [0.25, 0.3) is 4.85 Å². The molecule has 0 saturated carbocycles. The molecule has 0 bridgehead atoms. The van der Waals surface area contributed by atoms with E-state index in [1.165, 1.54) is 6.33 Å². The van der Waals surface area contributed by atoms with Crippen molar-refractivity contribution in [3.63, 3.8) is 0 Å². The summed E-state index contributed by atoms with van der Waals surface area (Å²) in [5.74, 6) is 0.00454. The molecule has 2 fully saturated rings. The van der Waals surface area contributed by atoms with Crippen molar-refractivity contribution in [3.05, 3.63) is 59.2 Å². The third kappa shape index (κ3) is 3.28. The van der Waals surface area contributed by atoms with Gasteiger partial charge in [0.05, 0.1) is 5.41 Å². The fraction of sp³-hybridized carbons (Fsp3) is 0.400. The molecule has 0 unspecified atom stereocenters. The second-order valence-corrected chi connectivity index (χ2v) is 7.33. The minimum absolute atomic E-state index is 0.0142. The molecule has 2 aliphatic heterocycles. The molecule has 3 heterocycles. The highest BCUT2D eigenvalue weighted by Crippen LogP contribution is 2.42. The zero-order valence-corrected chi connectivity index (χ0v) is 15.2. The number of aromatic nitrogens is 2. The maximum Gasteiger partial charge on any atom is 0.274 e. The van der Waals surface area contributed by atoms with Gasteiger partial charge in [0, 0.05) is 37.8 Å². The van der Waals surface area contributed by atoms with Crippen LogP contribution in [0.15, 0.2) is 30.6 Å². The zero-order valence-electron chi connectivity index (χ0n) is 15.2. The standard InChI is InChI=1S/C20H19F2N5O/c1-23-17-11-18(25-13-24-17)26-7-4-20(5-8-26)6-9-27(19(20)28)12-14-10-15(21)2-3-16(14)22/h2-3,10-11,13H,4-9,12H2. The SMILES string of the molecule is [C-]#[N+]c1cc(N2CCC3(CCN(Cc4cc(F)ccc4F)C3=O)CC2)ncn1. The molecular weight excluding hydrogens is 364 g/mol. The van der Waals surface area contributed by atoms with Crippen molar-refractivity contribution in [2.24, 2.45) is 5.41 Å². The Morgan fingerprint density at radius 1 is 1.11 bits per heavy atom. The summed E-state index contributed by atoms with van der Waals surface area (Å²) < 4.78 is 27.4. The van der Waals surface area contributed by atoms with Gasteiger partial charge in [0.1, 0.15) is 17.5 Å². The van der Waals surface area contributed by atoms with Crippen LogP contribution in [-0.4, -0.2) is 40.4 Å². The highest BCUT2D eigenvalue weighted by Gasteiger charge is 2.48. The van der Waals surface area contributed by atoms with Gasteiger partial charge in [-0.1, -0.05) is 6.57 Å². The monoisotopic (exact) mass is 383 g/mol. The average Bonchev–Trinajstić information content (AvgIpc) is 3.01. The average molecular weight is 383 g/mol. The highest BCUT2D eigenvalue weighted by atomic mass is 19.1. The number of hydrogen-bond donors (Lipinski definition) is 0. The maximum atomic E-state index is 13.9. The van der Waals surface area contributed by atoms with Crippen LogP contribution in [0.2, 0.25) is 0 Å². The smallest absolute Gasteiger partial charge is 0.274 e. The Kier molecular flexibility index (Phi) is 4.67.